The third kappa shape index (κ3) is 2.79. The molecule has 0 aliphatic carbocycles. The molecule has 0 rings (SSSR count). The average Bonchev–Trinajstić information content (AvgIpc) is 1.64. The molecular formula is C6H15NO2. The summed E-state index contributed by atoms with van der Waals surface area (Å²) in [6.45, 7) is 3.51. The van der Waals surface area contributed by atoms with Gasteiger partial charge in [-0.3, -0.25) is 0 Å². The van der Waals surface area contributed by atoms with E-state index in [0.717, 1.165) is 0 Å². The van der Waals surface area contributed by atoms with Gasteiger partial charge in [0.05, 0.1) is 6.10 Å². The first kappa shape index (κ1) is 8.88. The Morgan fingerprint density at radius 2 is 1.89 bits per heavy atom. The monoisotopic (exact) mass is 133 g/mol. The van der Waals surface area contributed by atoms with Crippen molar-refractivity contribution in [2.24, 2.45) is 11.7 Å². The van der Waals surface area contributed by atoms with Gasteiger partial charge in [0.25, 0.3) is 0 Å². The molecule has 0 aromatic carbocycles. The van der Waals surface area contributed by atoms with Crippen molar-refractivity contribution >= 4 is 0 Å². The fraction of sp³-hybridized carbons (Fsp3) is 1.00. The summed E-state index contributed by atoms with van der Waals surface area (Å²) in [5.41, 5.74) is 5.14. The SMILES string of the molecule is CCC(C(C)O)C(N)O. The molecule has 0 aromatic rings. The lowest BCUT2D eigenvalue weighted by Gasteiger charge is -2.20. The molecule has 0 fully saturated rings. The molecule has 3 unspecified atom stereocenters. The van der Waals surface area contributed by atoms with E-state index in [2.05, 4.69) is 0 Å². The Labute approximate surface area is 55.5 Å². The standard InChI is InChI=1S/C6H15NO2/c1-3-5(4(2)8)6(7)9/h4-6,8-9H,3,7H2,1-2H3. The van der Waals surface area contributed by atoms with Crippen molar-refractivity contribution in [2.45, 2.75) is 32.6 Å². The highest BCUT2D eigenvalue weighted by molar-refractivity contribution is 4.66. The third-order valence-corrected chi connectivity index (χ3v) is 1.53. The predicted octanol–water partition coefficient (Wildman–Crippen LogP) is -0.329. The minimum atomic E-state index is -0.894. The van der Waals surface area contributed by atoms with Gasteiger partial charge in [-0.2, -0.15) is 0 Å². The van der Waals surface area contributed by atoms with E-state index in [1.165, 1.54) is 0 Å². The van der Waals surface area contributed by atoms with Crippen LogP contribution in [0.25, 0.3) is 0 Å². The van der Waals surface area contributed by atoms with Crippen LogP contribution in [0.2, 0.25) is 0 Å². The van der Waals surface area contributed by atoms with Crippen molar-refractivity contribution in [3.8, 4) is 0 Å². The van der Waals surface area contributed by atoms with E-state index in [1.807, 2.05) is 6.92 Å². The lowest BCUT2D eigenvalue weighted by Crippen LogP contribution is -2.35. The summed E-state index contributed by atoms with van der Waals surface area (Å²) >= 11 is 0. The second-order valence-corrected chi connectivity index (χ2v) is 2.30. The molecule has 0 aliphatic rings. The molecule has 3 heteroatoms. The zero-order valence-corrected chi connectivity index (χ0v) is 5.91. The molecule has 0 bridgehead atoms. The second kappa shape index (κ2) is 3.82. The van der Waals surface area contributed by atoms with E-state index in [1.54, 1.807) is 6.92 Å². The van der Waals surface area contributed by atoms with E-state index in [0.29, 0.717) is 6.42 Å². The van der Waals surface area contributed by atoms with Crippen molar-refractivity contribution in [1.82, 2.24) is 0 Å². The van der Waals surface area contributed by atoms with Gasteiger partial charge in [0.15, 0.2) is 0 Å². The van der Waals surface area contributed by atoms with Crippen LogP contribution in [0, 0.1) is 5.92 Å². The summed E-state index contributed by atoms with van der Waals surface area (Å²) in [5.74, 6) is -0.190. The quantitative estimate of drug-likeness (QED) is 0.462. The fourth-order valence-electron chi connectivity index (χ4n) is 0.868. The van der Waals surface area contributed by atoms with Crippen molar-refractivity contribution in [3.63, 3.8) is 0 Å². The molecule has 0 heterocycles. The molecule has 3 nitrogen and oxygen atoms in total. The van der Waals surface area contributed by atoms with E-state index in [-0.39, 0.29) is 5.92 Å². The Morgan fingerprint density at radius 3 is 1.89 bits per heavy atom. The Balaban J connectivity index is 3.68. The highest BCUT2D eigenvalue weighted by Gasteiger charge is 2.17. The number of nitrogens with two attached hydrogens (primary N) is 1. The molecule has 0 amide bonds. The predicted molar refractivity (Wildman–Crippen MR) is 35.7 cm³/mol. The van der Waals surface area contributed by atoms with Crippen LogP contribution in [0.15, 0.2) is 0 Å². The molecule has 56 valence electrons. The first-order valence-electron chi connectivity index (χ1n) is 3.21. The fourth-order valence-corrected chi connectivity index (χ4v) is 0.868. The van der Waals surface area contributed by atoms with Crippen LogP contribution in [0.1, 0.15) is 20.3 Å². The largest absolute Gasteiger partial charge is 0.393 e. The van der Waals surface area contributed by atoms with E-state index in [9.17, 15) is 0 Å². The maximum absolute atomic E-state index is 8.94. The van der Waals surface area contributed by atoms with Gasteiger partial charge in [-0.05, 0) is 13.3 Å². The molecule has 0 saturated heterocycles. The summed E-state index contributed by atoms with van der Waals surface area (Å²) in [5, 5.41) is 17.7. The van der Waals surface area contributed by atoms with Gasteiger partial charge in [0, 0.05) is 5.92 Å². The molecule has 0 aromatic heterocycles. The van der Waals surface area contributed by atoms with Gasteiger partial charge in [-0.1, -0.05) is 6.92 Å². The number of rotatable bonds is 3. The van der Waals surface area contributed by atoms with E-state index >= 15 is 0 Å². The van der Waals surface area contributed by atoms with Crippen molar-refractivity contribution in [2.75, 3.05) is 0 Å². The maximum Gasteiger partial charge on any atom is 0.107 e. The second-order valence-electron chi connectivity index (χ2n) is 2.30. The summed E-state index contributed by atoms with van der Waals surface area (Å²) in [7, 11) is 0. The topological polar surface area (TPSA) is 66.5 Å². The van der Waals surface area contributed by atoms with Crippen LogP contribution in [-0.4, -0.2) is 22.5 Å². The van der Waals surface area contributed by atoms with E-state index in [4.69, 9.17) is 15.9 Å². The Bertz CT molecular complexity index is 65.5. The third-order valence-electron chi connectivity index (χ3n) is 1.53. The van der Waals surface area contributed by atoms with Gasteiger partial charge >= 0.3 is 0 Å². The van der Waals surface area contributed by atoms with E-state index < -0.39 is 12.3 Å². The maximum atomic E-state index is 8.94. The zero-order chi connectivity index (χ0) is 7.44. The Morgan fingerprint density at radius 1 is 1.44 bits per heavy atom. The summed E-state index contributed by atoms with van der Waals surface area (Å²) in [6, 6.07) is 0. The molecule has 0 aliphatic heterocycles. The number of hydrogen-bond acceptors (Lipinski definition) is 3. The van der Waals surface area contributed by atoms with Crippen molar-refractivity contribution < 1.29 is 10.2 Å². The Hall–Kier alpha value is -0.120. The highest BCUT2D eigenvalue weighted by Crippen LogP contribution is 2.09. The van der Waals surface area contributed by atoms with Gasteiger partial charge in [-0.15, -0.1) is 0 Å². The summed E-state index contributed by atoms with van der Waals surface area (Å²) in [6.07, 6.45) is -0.708. The molecule has 0 spiro atoms. The molecular weight excluding hydrogens is 118 g/mol. The van der Waals surface area contributed by atoms with Gasteiger partial charge < -0.3 is 15.9 Å². The first-order valence-corrected chi connectivity index (χ1v) is 3.21. The number of aliphatic hydroxyl groups excluding tert-OH is 2. The average molecular weight is 133 g/mol. The normalized spacial score (nSPS) is 21.0. The lowest BCUT2D eigenvalue weighted by molar-refractivity contribution is 0.0235. The number of aliphatic hydroxyl groups is 2. The van der Waals surface area contributed by atoms with Crippen LogP contribution in [0.3, 0.4) is 0 Å². The van der Waals surface area contributed by atoms with Crippen LogP contribution in [0.4, 0.5) is 0 Å². The highest BCUT2D eigenvalue weighted by atomic mass is 16.3. The minimum Gasteiger partial charge on any atom is -0.393 e. The molecule has 4 N–H and O–H groups in total. The van der Waals surface area contributed by atoms with Crippen LogP contribution >= 0.6 is 0 Å². The van der Waals surface area contributed by atoms with Crippen LogP contribution < -0.4 is 5.73 Å². The lowest BCUT2D eigenvalue weighted by atomic mass is 9.99. The minimum absolute atomic E-state index is 0.190. The first-order chi connectivity index (χ1) is 4.09. The van der Waals surface area contributed by atoms with Crippen LogP contribution in [0.5, 0.6) is 0 Å². The Kier molecular flexibility index (Phi) is 3.77. The summed E-state index contributed by atoms with van der Waals surface area (Å²) < 4.78 is 0. The van der Waals surface area contributed by atoms with Crippen molar-refractivity contribution in [3.05, 3.63) is 0 Å². The molecule has 0 saturated carbocycles. The number of hydrogen-bond donors (Lipinski definition) is 3. The molecule has 0 radical (unpaired) electrons. The van der Waals surface area contributed by atoms with Gasteiger partial charge in [0.2, 0.25) is 0 Å². The van der Waals surface area contributed by atoms with Crippen molar-refractivity contribution in [1.29, 1.82) is 0 Å². The van der Waals surface area contributed by atoms with Gasteiger partial charge in [0.1, 0.15) is 6.23 Å². The summed E-state index contributed by atoms with van der Waals surface area (Å²) in [4.78, 5) is 0. The van der Waals surface area contributed by atoms with Crippen LogP contribution in [-0.2, 0) is 0 Å². The smallest absolute Gasteiger partial charge is 0.107 e. The zero-order valence-electron chi connectivity index (χ0n) is 5.91. The van der Waals surface area contributed by atoms with Gasteiger partial charge in [-0.25, -0.2) is 0 Å². The molecule has 9 heavy (non-hydrogen) atoms. The molecule has 3 atom stereocenters.